The van der Waals surface area contributed by atoms with Crippen LogP contribution in [0.3, 0.4) is 0 Å². The molecule has 0 atom stereocenters. The van der Waals surface area contributed by atoms with E-state index in [0.29, 0.717) is 19.0 Å². The molecule has 3 aromatic rings. The number of para-hydroxylation sites is 2. The lowest BCUT2D eigenvalue weighted by molar-refractivity contribution is 0.111. The van der Waals surface area contributed by atoms with Crippen LogP contribution in [-0.2, 0) is 13.0 Å². The zero-order valence-electron chi connectivity index (χ0n) is 13.2. The van der Waals surface area contributed by atoms with Crippen molar-refractivity contribution in [2.45, 2.75) is 26.3 Å². The minimum absolute atomic E-state index is 0.471. The summed E-state index contributed by atoms with van der Waals surface area (Å²) in [5, 5.41) is 0. The molecule has 0 radical (unpaired) electrons. The van der Waals surface area contributed by atoms with E-state index in [1.165, 1.54) is 5.56 Å². The van der Waals surface area contributed by atoms with Crippen LogP contribution in [0, 0.1) is 0 Å². The molecular formula is C19H20N2O2. The highest BCUT2D eigenvalue weighted by Gasteiger charge is 2.08. The van der Waals surface area contributed by atoms with Crippen LogP contribution >= 0.6 is 0 Å². The smallest absolute Gasteiger partial charge is 0.185 e. The number of ether oxygens (including phenoxy) is 1. The van der Waals surface area contributed by atoms with Gasteiger partial charge in [-0.15, -0.1) is 0 Å². The molecule has 0 fully saturated rings. The van der Waals surface area contributed by atoms with Crippen LogP contribution in [0.5, 0.6) is 5.75 Å². The molecule has 0 N–H and O–H groups in total. The number of aldehydes is 1. The Labute approximate surface area is 135 Å². The lowest BCUT2D eigenvalue weighted by Gasteiger charge is -2.09. The summed E-state index contributed by atoms with van der Waals surface area (Å²) in [6.07, 6.45) is 2.66. The Morgan fingerprint density at radius 2 is 1.91 bits per heavy atom. The minimum Gasteiger partial charge on any atom is -0.494 e. The molecule has 2 aromatic carbocycles. The molecule has 1 heterocycles. The minimum atomic E-state index is 0.471. The molecule has 4 heteroatoms. The number of hydrogen-bond donors (Lipinski definition) is 0. The normalized spacial score (nSPS) is 10.8. The highest BCUT2D eigenvalue weighted by Crippen LogP contribution is 2.16. The van der Waals surface area contributed by atoms with Crippen LogP contribution in [-0.4, -0.2) is 22.4 Å². The van der Waals surface area contributed by atoms with Gasteiger partial charge in [-0.25, -0.2) is 4.98 Å². The number of fused-ring (bicyclic) bond motifs is 1. The van der Waals surface area contributed by atoms with Crippen LogP contribution in [0.1, 0.15) is 29.5 Å². The van der Waals surface area contributed by atoms with E-state index in [2.05, 4.69) is 24.0 Å². The van der Waals surface area contributed by atoms with Crippen LogP contribution in [0.4, 0.5) is 0 Å². The van der Waals surface area contributed by atoms with Crippen molar-refractivity contribution in [1.82, 2.24) is 9.55 Å². The Bertz CT molecular complexity index is 791. The van der Waals surface area contributed by atoms with Crippen LogP contribution in [0.2, 0.25) is 0 Å². The van der Waals surface area contributed by atoms with Crippen LogP contribution in [0.25, 0.3) is 11.0 Å². The zero-order valence-corrected chi connectivity index (χ0v) is 13.2. The quantitative estimate of drug-likeness (QED) is 0.491. The second-order valence-electron chi connectivity index (χ2n) is 5.43. The van der Waals surface area contributed by atoms with Crippen molar-refractivity contribution in [2.75, 3.05) is 6.61 Å². The van der Waals surface area contributed by atoms with Gasteiger partial charge >= 0.3 is 0 Å². The van der Waals surface area contributed by atoms with Gasteiger partial charge in [0.1, 0.15) is 5.75 Å². The van der Waals surface area contributed by atoms with Gasteiger partial charge in [-0.05, 0) is 42.7 Å². The zero-order chi connectivity index (χ0) is 16.1. The summed E-state index contributed by atoms with van der Waals surface area (Å²) in [5.74, 6) is 1.35. The number of carbonyl (C=O) groups is 1. The number of imidazole rings is 1. The molecule has 0 aliphatic rings. The third-order valence-corrected chi connectivity index (χ3v) is 3.92. The summed E-state index contributed by atoms with van der Waals surface area (Å²) in [7, 11) is 0. The summed E-state index contributed by atoms with van der Waals surface area (Å²) >= 11 is 0. The molecule has 0 saturated heterocycles. The predicted octanol–water partition coefficient (Wildman–Crippen LogP) is 3.88. The van der Waals surface area contributed by atoms with Gasteiger partial charge < -0.3 is 9.30 Å². The van der Waals surface area contributed by atoms with Crippen molar-refractivity contribution in [1.29, 1.82) is 0 Å². The highest BCUT2D eigenvalue weighted by atomic mass is 16.5. The molecule has 0 saturated carbocycles. The fourth-order valence-corrected chi connectivity index (χ4v) is 2.65. The standard InChI is InChI=1S/C19H20N2O2/c1-2-15-8-10-16(11-9-15)23-13-5-12-21-18-7-4-3-6-17(18)20-19(21)14-22/h3-4,6-11,14H,2,5,12-13H2,1H3. The molecule has 23 heavy (non-hydrogen) atoms. The molecule has 118 valence electrons. The van der Waals surface area contributed by atoms with Crippen LogP contribution < -0.4 is 4.74 Å². The van der Waals surface area contributed by atoms with E-state index >= 15 is 0 Å². The van der Waals surface area contributed by atoms with E-state index in [0.717, 1.165) is 35.9 Å². The molecule has 0 amide bonds. The van der Waals surface area contributed by atoms with Gasteiger partial charge in [-0.3, -0.25) is 4.79 Å². The number of rotatable bonds is 7. The molecule has 0 unspecified atom stereocenters. The Morgan fingerprint density at radius 1 is 1.13 bits per heavy atom. The summed E-state index contributed by atoms with van der Waals surface area (Å²) in [6.45, 7) is 3.45. The van der Waals surface area contributed by atoms with E-state index in [4.69, 9.17) is 4.74 Å². The molecule has 0 bridgehead atoms. The first-order chi connectivity index (χ1) is 11.3. The maximum absolute atomic E-state index is 11.2. The Morgan fingerprint density at radius 3 is 2.65 bits per heavy atom. The molecule has 4 nitrogen and oxygen atoms in total. The van der Waals surface area contributed by atoms with Gasteiger partial charge in [0.25, 0.3) is 0 Å². The van der Waals surface area contributed by atoms with Gasteiger partial charge in [0.05, 0.1) is 17.6 Å². The molecule has 0 spiro atoms. The fourth-order valence-electron chi connectivity index (χ4n) is 2.65. The molecule has 1 aromatic heterocycles. The second kappa shape index (κ2) is 7.09. The number of carbonyl (C=O) groups excluding carboxylic acids is 1. The fraction of sp³-hybridized carbons (Fsp3) is 0.263. The lowest BCUT2D eigenvalue weighted by Crippen LogP contribution is -2.07. The molecule has 0 aliphatic carbocycles. The third-order valence-electron chi connectivity index (χ3n) is 3.92. The van der Waals surface area contributed by atoms with Crippen molar-refractivity contribution < 1.29 is 9.53 Å². The molecule has 0 aliphatic heterocycles. The Balaban J connectivity index is 1.61. The number of nitrogens with zero attached hydrogens (tertiary/aromatic N) is 2. The topological polar surface area (TPSA) is 44.1 Å². The number of benzene rings is 2. The average molecular weight is 308 g/mol. The Hall–Kier alpha value is -2.62. The first-order valence-electron chi connectivity index (χ1n) is 7.94. The summed E-state index contributed by atoms with van der Waals surface area (Å²) in [4.78, 5) is 15.5. The SMILES string of the molecule is CCc1ccc(OCCCn2c(C=O)nc3ccccc32)cc1. The summed E-state index contributed by atoms with van der Waals surface area (Å²) < 4.78 is 7.72. The van der Waals surface area contributed by atoms with Crippen molar-refractivity contribution in [3.05, 3.63) is 59.9 Å². The van der Waals surface area contributed by atoms with E-state index in [9.17, 15) is 4.79 Å². The molecule has 3 rings (SSSR count). The predicted molar refractivity (Wildman–Crippen MR) is 91.1 cm³/mol. The molecular weight excluding hydrogens is 288 g/mol. The van der Waals surface area contributed by atoms with Gasteiger partial charge in [-0.2, -0.15) is 0 Å². The third kappa shape index (κ3) is 3.42. The van der Waals surface area contributed by atoms with Gasteiger partial charge in [0.2, 0.25) is 0 Å². The van der Waals surface area contributed by atoms with Crippen molar-refractivity contribution >= 4 is 17.3 Å². The average Bonchev–Trinajstić information content (AvgIpc) is 2.97. The summed E-state index contributed by atoms with van der Waals surface area (Å²) in [5.41, 5.74) is 3.14. The number of aromatic nitrogens is 2. The second-order valence-corrected chi connectivity index (χ2v) is 5.43. The van der Waals surface area contributed by atoms with Crippen molar-refractivity contribution in [3.8, 4) is 5.75 Å². The number of aryl methyl sites for hydroxylation is 2. The van der Waals surface area contributed by atoms with Crippen molar-refractivity contribution in [3.63, 3.8) is 0 Å². The monoisotopic (exact) mass is 308 g/mol. The van der Waals surface area contributed by atoms with Gasteiger partial charge in [0.15, 0.2) is 12.1 Å². The highest BCUT2D eigenvalue weighted by molar-refractivity contribution is 5.82. The largest absolute Gasteiger partial charge is 0.494 e. The van der Waals surface area contributed by atoms with Gasteiger partial charge in [0, 0.05) is 6.54 Å². The lowest BCUT2D eigenvalue weighted by atomic mass is 10.2. The first-order valence-corrected chi connectivity index (χ1v) is 7.94. The van der Waals surface area contributed by atoms with E-state index < -0.39 is 0 Å². The Kier molecular flexibility index (Phi) is 4.71. The first kappa shape index (κ1) is 15.3. The van der Waals surface area contributed by atoms with Crippen LogP contribution in [0.15, 0.2) is 48.5 Å². The van der Waals surface area contributed by atoms with Crippen molar-refractivity contribution in [2.24, 2.45) is 0 Å². The van der Waals surface area contributed by atoms with E-state index in [1.807, 2.05) is 41.0 Å². The maximum Gasteiger partial charge on any atom is 0.185 e. The summed E-state index contributed by atoms with van der Waals surface area (Å²) in [6, 6.07) is 16.0. The van der Waals surface area contributed by atoms with Gasteiger partial charge in [-0.1, -0.05) is 31.2 Å². The maximum atomic E-state index is 11.2. The number of hydrogen-bond acceptors (Lipinski definition) is 3. The van der Waals surface area contributed by atoms with E-state index in [1.54, 1.807) is 0 Å². The van der Waals surface area contributed by atoms with E-state index in [-0.39, 0.29) is 0 Å².